The number of benzene rings is 3. The van der Waals surface area contributed by atoms with E-state index in [0.717, 1.165) is 28.3 Å². The molecule has 152 valence electrons. The van der Waals surface area contributed by atoms with Gasteiger partial charge in [0.25, 0.3) is 5.91 Å². The van der Waals surface area contributed by atoms with Crippen molar-refractivity contribution in [2.75, 3.05) is 18.7 Å². The second kappa shape index (κ2) is 7.63. The van der Waals surface area contributed by atoms with E-state index < -0.39 is 0 Å². The van der Waals surface area contributed by atoms with Crippen molar-refractivity contribution in [3.8, 4) is 17.2 Å². The van der Waals surface area contributed by atoms with E-state index in [9.17, 15) is 4.79 Å². The summed E-state index contributed by atoms with van der Waals surface area (Å²) in [5.41, 5.74) is 3.36. The van der Waals surface area contributed by atoms with E-state index in [1.165, 1.54) is 0 Å². The monoisotopic (exact) mass is 402 g/mol. The Kier molecular flexibility index (Phi) is 4.67. The van der Waals surface area contributed by atoms with Gasteiger partial charge in [0.15, 0.2) is 11.5 Å². The second-order valence-corrected chi connectivity index (χ2v) is 7.18. The Hall–Kier alpha value is -3.67. The number of rotatable bonds is 5. The molecule has 6 nitrogen and oxygen atoms in total. The number of anilines is 1. The van der Waals surface area contributed by atoms with Crippen LogP contribution in [0.25, 0.3) is 0 Å². The molecule has 1 unspecified atom stereocenters. The topological polar surface area (TPSA) is 60.0 Å². The molecule has 2 heterocycles. The van der Waals surface area contributed by atoms with E-state index in [1.807, 2.05) is 78.6 Å². The molecule has 0 fully saturated rings. The lowest BCUT2D eigenvalue weighted by Crippen LogP contribution is -2.42. The second-order valence-electron chi connectivity index (χ2n) is 7.18. The molecule has 5 rings (SSSR count). The molecule has 0 bridgehead atoms. The Morgan fingerprint density at radius 3 is 2.73 bits per heavy atom. The molecule has 3 aromatic carbocycles. The molecule has 1 atom stereocenters. The quantitative estimate of drug-likeness (QED) is 0.677. The Balaban J connectivity index is 1.56. The van der Waals surface area contributed by atoms with Gasteiger partial charge in [-0.15, -0.1) is 0 Å². The normalized spacial score (nSPS) is 16.8. The Labute approximate surface area is 175 Å². The van der Waals surface area contributed by atoms with E-state index in [1.54, 1.807) is 0 Å². The molecule has 0 aliphatic carbocycles. The number of fused-ring (bicyclic) bond motifs is 2. The molecule has 1 N–H and O–H groups in total. The van der Waals surface area contributed by atoms with Gasteiger partial charge in [-0.3, -0.25) is 4.79 Å². The molecule has 2 aliphatic rings. The molecule has 0 spiro atoms. The van der Waals surface area contributed by atoms with Gasteiger partial charge in [0.2, 0.25) is 6.79 Å². The molecule has 0 radical (unpaired) electrons. The van der Waals surface area contributed by atoms with Gasteiger partial charge in [-0.25, -0.2) is 0 Å². The fourth-order valence-corrected chi connectivity index (χ4v) is 3.93. The van der Waals surface area contributed by atoms with Crippen molar-refractivity contribution in [2.24, 2.45) is 0 Å². The van der Waals surface area contributed by atoms with Crippen LogP contribution in [0.3, 0.4) is 0 Å². The largest absolute Gasteiger partial charge is 0.493 e. The first-order valence-electron chi connectivity index (χ1n) is 10.0. The SMILES string of the molecule is CCOc1ccccc1C1Nc2ccccc2C(=O)N1Cc1ccc2c(c1)OCO2. The molecule has 0 saturated carbocycles. The van der Waals surface area contributed by atoms with Crippen molar-refractivity contribution >= 4 is 11.6 Å². The molecule has 6 heteroatoms. The van der Waals surface area contributed by atoms with Gasteiger partial charge < -0.3 is 24.4 Å². The summed E-state index contributed by atoms with van der Waals surface area (Å²) in [4.78, 5) is 15.3. The summed E-state index contributed by atoms with van der Waals surface area (Å²) in [5, 5.41) is 3.53. The minimum atomic E-state index is -0.361. The number of nitrogens with zero attached hydrogens (tertiary/aromatic N) is 1. The number of ether oxygens (including phenoxy) is 3. The first-order chi connectivity index (χ1) is 14.7. The summed E-state index contributed by atoms with van der Waals surface area (Å²) >= 11 is 0. The van der Waals surface area contributed by atoms with Crippen LogP contribution in [0, 0.1) is 0 Å². The third kappa shape index (κ3) is 3.20. The summed E-state index contributed by atoms with van der Waals surface area (Å²) in [6.07, 6.45) is -0.361. The summed E-state index contributed by atoms with van der Waals surface area (Å²) in [6.45, 7) is 3.15. The first kappa shape index (κ1) is 18.4. The number of hydrogen-bond acceptors (Lipinski definition) is 5. The third-order valence-corrected chi connectivity index (χ3v) is 5.33. The highest BCUT2D eigenvalue weighted by atomic mass is 16.7. The molecule has 30 heavy (non-hydrogen) atoms. The average molecular weight is 402 g/mol. The third-order valence-electron chi connectivity index (χ3n) is 5.33. The summed E-state index contributed by atoms with van der Waals surface area (Å²) < 4.78 is 16.8. The zero-order valence-electron chi connectivity index (χ0n) is 16.6. The smallest absolute Gasteiger partial charge is 0.258 e. The maximum absolute atomic E-state index is 13.5. The number of hydrogen-bond donors (Lipinski definition) is 1. The maximum atomic E-state index is 13.5. The average Bonchev–Trinajstić information content (AvgIpc) is 3.24. The van der Waals surface area contributed by atoms with E-state index in [0.29, 0.717) is 24.5 Å². The van der Waals surface area contributed by atoms with Crippen LogP contribution in [-0.2, 0) is 6.54 Å². The van der Waals surface area contributed by atoms with Crippen LogP contribution < -0.4 is 19.5 Å². The maximum Gasteiger partial charge on any atom is 0.258 e. The van der Waals surface area contributed by atoms with Crippen molar-refractivity contribution in [3.05, 3.63) is 83.4 Å². The first-order valence-corrected chi connectivity index (χ1v) is 10.0. The Bertz CT molecular complexity index is 1100. The van der Waals surface area contributed by atoms with Gasteiger partial charge in [-0.1, -0.05) is 36.4 Å². The van der Waals surface area contributed by atoms with Gasteiger partial charge in [-0.05, 0) is 42.8 Å². The molecule has 0 aromatic heterocycles. The lowest BCUT2D eigenvalue weighted by molar-refractivity contribution is 0.0664. The van der Waals surface area contributed by atoms with Gasteiger partial charge in [-0.2, -0.15) is 0 Å². The van der Waals surface area contributed by atoms with E-state index in [4.69, 9.17) is 14.2 Å². The lowest BCUT2D eigenvalue weighted by Gasteiger charge is -2.38. The zero-order chi connectivity index (χ0) is 20.5. The number of carbonyl (C=O) groups excluding carboxylic acids is 1. The van der Waals surface area contributed by atoms with Gasteiger partial charge in [0.1, 0.15) is 11.9 Å². The van der Waals surface area contributed by atoms with Crippen molar-refractivity contribution < 1.29 is 19.0 Å². The van der Waals surface area contributed by atoms with Gasteiger partial charge in [0, 0.05) is 17.8 Å². The minimum absolute atomic E-state index is 0.0293. The predicted octanol–water partition coefficient (Wildman–Crippen LogP) is 4.58. The van der Waals surface area contributed by atoms with Gasteiger partial charge >= 0.3 is 0 Å². The summed E-state index contributed by atoms with van der Waals surface area (Å²) in [7, 11) is 0. The molecule has 2 aliphatic heterocycles. The lowest BCUT2D eigenvalue weighted by atomic mass is 10.0. The Morgan fingerprint density at radius 1 is 1.03 bits per heavy atom. The van der Waals surface area contributed by atoms with Crippen molar-refractivity contribution in [2.45, 2.75) is 19.6 Å². The molecule has 1 amide bonds. The molecular weight excluding hydrogens is 380 g/mol. The number of para-hydroxylation sites is 2. The van der Waals surface area contributed by atoms with Crippen LogP contribution in [0.15, 0.2) is 66.7 Å². The highest BCUT2D eigenvalue weighted by Gasteiger charge is 2.34. The minimum Gasteiger partial charge on any atom is -0.493 e. The predicted molar refractivity (Wildman–Crippen MR) is 113 cm³/mol. The van der Waals surface area contributed by atoms with E-state index in [2.05, 4.69) is 5.32 Å². The zero-order valence-corrected chi connectivity index (χ0v) is 16.6. The van der Waals surface area contributed by atoms with Gasteiger partial charge in [0.05, 0.1) is 12.2 Å². The number of amides is 1. The fraction of sp³-hybridized carbons (Fsp3) is 0.208. The summed E-state index contributed by atoms with van der Waals surface area (Å²) in [6, 6.07) is 21.2. The van der Waals surface area contributed by atoms with Crippen LogP contribution in [-0.4, -0.2) is 24.2 Å². The molecular formula is C24H22N2O4. The Morgan fingerprint density at radius 2 is 1.83 bits per heavy atom. The van der Waals surface area contributed by atoms with Crippen LogP contribution in [0.2, 0.25) is 0 Å². The van der Waals surface area contributed by atoms with Crippen LogP contribution >= 0.6 is 0 Å². The number of nitrogens with one attached hydrogen (secondary N) is 1. The van der Waals surface area contributed by atoms with Crippen molar-refractivity contribution in [1.82, 2.24) is 4.90 Å². The standard InChI is InChI=1S/C24H22N2O4/c1-2-28-20-10-6-4-8-18(20)23-25-19-9-5-3-7-17(19)24(27)26(23)14-16-11-12-21-22(13-16)30-15-29-21/h3-13,23,25H,2,14-15H2,1H3. The van der Waals surface area contributed by atoms with Crippen molar-refractivity contribution in [1.29, 1.82) is 0 Å². The van der Waals surface area contributed by atoms with E-state index >= 15 is 0 Å². The fourth-order valence-electron chi connectivity index (χ4n) is 3.93. The summed E-state index contributed by atoms with van der Waals surface area (Å²) in [5.74, 6) is 2.17. The molecule has 3 aromatic rings. The van der Waals surface area contributed by atoms with Crippen LogP contribution in [0.5, 0.6) is 17.2 Å². The van der Waals surface area contributed by atoms with Crippen molar-refractivity contribution in [3.63, 3.8) is 0 Å². The highest BCUT2D eigenvalue weighted by Crippen LogP contribution is 2.39. The highest BCUT2D eigenvalue weighted by molar-refractivity contribution is 6.01. The van der Waals surface area contributed by atoms with Crippen LogP contribution in [0.1, 0.15) is 34.6 Å². The van der Waals surface area contributed by atoms with Crippen LogP contribution in [0.4, 0.5) is 5.69 Å². The van der Waals surface area contributed by atoms with E-state index in [-0.39, 0.29) is 18.9 Å². The molecule has 0 saturated heterocycles. The number of carbonyl (C=O) groups is 1.